The van der Waals surface area contributed by atoms with Crippen LogP contribution < -0.4 is 18.9 Å². The summed E-state index contributed by atoms with van der Waals surface area (Å²) in [7, 11) is 4.60. The molecule has 0 unspecified atom stereocenters. The maximum atomic E-state index is 11.9. The molecule has 2 rings (SSSR count). The van der Waals surface area contributed by atoms with Crippen LogP contribution in [-0.4, -0.2) is 40.5 Å². The highest BCUT2D eigenvalue weighted by Gasteiger charge is 2.12. The number of hydrogen-bond donors (Lipinski definition) is 0. The molecule has 0 aromatic heterocycles. The summed E-state index contributed by atoms with van der Waals surface area (Å²) in [5, 5.41) is 0. The van der Waals surface area contributed by atoms with E-state index in [-0.39, 0.29) is 13.2 Å². The maximum absolute atomic E-state index is 11.9. The van der Waals surface area contributed by atoms with Gasteiger partial charge in [-0.1, -0.05) is 18.2 Å². The van der Waals surface area contributed by atoms with Gasteiger partial charge in [0.05, 0.1) is 21.3 Å². The van der Waals surface area contributed by atoms with Gasteiger partial charge in [0.2, 0.25) is 5.75 Å². The predicted molar refractivity (Wildman–Crippen MR) is 103 cm³/mol. The Morgan fingerprint density at radius 2 is 1.59 bits per heavy atom. The second-order valence-corrected chi connectivity index (χ2v) is 5.57. The first kappa shape index (κ1) is 20.2. The van der Waals surface area contributed by atoms with Crippen LogP contribution in [0.1, 0.15) is 11.1 Å². The van der Waals surface area contributed by atoms with E-state index in [4.69, 9.17) is 23.7 Å². The molecule has 6 nitrogen and oxygen atoms in total. The van der Waals surface area contributed by atoms with E-state index in [1.807, 2.05) is 31.2 Å². The van der Waals surface area contributed by atoms with E-state index in [0.717, 1.165) is 16.9 Å². The number of aryl methyl sites for hydroxylation is 1. The molecule has 0 radical (unpaired) electrons. The SMILES string of the molecule is COc1cc(C=CC(=O)OCCOc2ccccc2C)cc(OC)c1OC. The Bertz CT molecular complexity index is 772. The van der Waals surface area contributed by atoms with Crippen molar-refractivity contribution in [2.24, 2.45) is 0 Å². The van der Waals surface area contributed by atoms with Crippen LogP contribution in [0.3, 0.4) is 0 Å². The van der Waals surface area contributed by atoms with Crippen LogP contribution in [-0.2, 0) is 9.53 Å². The van der Waals surface area contributed by atoms with Crippen molar-refractivity contribution in [3.63, 3.8) is 0 Å². The van der Waals surface area contributed by atoms with Crippen molar-refractivity contribution in [3.05, 3.63) is 53.6 Å². The summed E-state index contributed by atoms with van der Waals surface area (Å²) in [4.78, 5) is 11.9. The number of para-hydroxylation sites is 1. The van der Waals surface area contributed by atoms with Gasteiger partial charge in [-0.25, -0.2) is 4.79 Å². The molecule has 0 spiro atoms. The second-order valence-electron chi connectivity index (χ2n) is 5.57. The highest BCUT2D eigenvalue weighted by atomic mass is 16.6. The molecule has 0 N–H and O–H groups in total. The summed E-state index contributed by atoms with van der Waals surface area (Å²) < 4.78 is 26.6. The van der Waals surface area contributed by atoms with Crippen molar-refractivity contribution >= 4 is 12.0 Å². The number of benzene rings is 2. The van der Waals surface area contributed by atoms with Crippen LogP contribution in [0.4, 0.5) is 0 Å². The third kappa shape index (κ3) is 5.67. The molecule has 144 valence electrons. The molecule has 2 aromatic carbocycles. The summed E-state index contributed by atoms with van der Waals surface area (Å²) >= 11 is 0. The molecule has 0 heterocycles. The molecule has 0 saturated carbocycles. The monoisotopic (exact) mass is 372 g/mol. The van der Waals surface area contributed by atoms with Gasteiger partial charge in [-0.05, 0) is 42.3 Å². The largest absolute Gasteiger partial charge is 0.493 e. The highest BCUT2D eigenvalue weighted by Crippen LogP contribution is 2.38. The van der Waals surface area contributed by atoms with Crippen LogP contribution in [0.5, 0.6) is 23.0 Å². The predicted octanol–water partition coefficient (Wildman–Crippen LogP) is 3.66. The molecule has 0 aliphatic heterocycles. The number of esters is 1. The third-order valence-corrected chi connectivity index (χ3v) is 3.78. The van der Waals surface area contributed by atoms with Gasteiger partial charge in [0.15, 0.2) is 11.5 Å². The van der Waals surface area contributed by atoms with Crippen molar-refractivity contribution in [2.75, 3.05) is 34.5 Å². The van der Waals surface area contributed by atoms with E-state index in [9.17, 15) is 4.79 Å². The summed E-state index contributed by atoms with van der Waals surface area (Å²) in [5.74, 6) is 1.83. The third-order valence-electron chi connectivity index (χ3n) is 3.78. The van der Waals surface area contributed by atoms with Gasteiger partial charge < -0.3 is 23.7 Å². The molecule has 2 aromatic rings. The average Bonchev–Trinajstić information content (AvgIpc) is 2.69. The van der Waals surface area contributed by atoms with E-state index >= 15 is 0 Å². The first-order chi connectivity index (χ1) is 13.1. The minimum atomic E-state index is -0.461. The fourth-order valence-electron chi connectivity index (χ4n) is 2.42. The fraction of sp³-hybridized carbons (Fsp3) is 0.286. The number of carbonyl (C=O) groups is 1. The Labute approximate surface area is 159 Å². The summed E-state index contributed by atoms with van der Waals surface area (Å²) in [6.45, 7) is 2.41. The number of ether oxygens (including phenoxy) is 5. The molecule has 27 heavy (non-hydrogen) atoms. The van der Waals surface area contributed by atoms with E-state index in [1.165, 1.54) is 27.4 Å². The first-order valence-electron chi connectivity index (χ1n) is 8.42. The minimum Gasteiger partial charge on any atom is -0.493 e. The lowest BCUT2D eigenvalue weighted by Gasteiger charge is -2.12. The quantitative estimate of drug-likeness (QED) is 0.380. The zero-order chi connectivity index (χ0) is 19.6. The standard InChI is InChI=1S/C21H24O6/c1-15-7-5-6-8-17(15)26-11-12-27-20(22)10-9-16-13-18(23-2)21(25-4)19(14-16)24-3/h5-10,13-14H,11-12H2,1-4H3. The zero-order valence-corrected chi connectivity index (χ0v) is 16.0. The molecule has 0 aliphatic rings. The lowest BCUT2D eigenvalue weighted by Crippen LogP contribution is -2.10. The van der Waals surface area contributed by atoms with Crippen molar-refractivity contribution < 1.29 is 28.5 Å². The Balaban J connectivity index is 1.90. The molecular weight excluding hydrogens is 348 g/mol. The van der Waals surface area contributed by atoms with Crippen molar-refractivity contribution in [2.45, 2.75) is 6.92 Å². The average molecular weight is 372 g/mol. The maximum Gasteiger partial charge on any atom is 0.330 e. The van der Waals surface area contributed by atoms with Crippen LogP contribution >= 0.6 is 0 Å². The number of hydrogen-bond acceptors (Lipinski definition) is 6. The van der Waals surface area contributed by atoms with Gasteiger partial charge in [-0.2, -0.15) is 0 Å². The van der Waals surface area contributed by atoms with Crippen molar-refractivity contribution in [3.8, 4) is 23.0 Å². The molecule has 0 atom stereocenters. The molecule has 0 bridgehead atoms. The smallest absolute Gasteiger partial charge is 0.330 e. The normalized spacial score (nSPS) is 10.5. The van der Waals surface area contributed by atoms with Gasteiger partial charge in [-0.3, -0.25) is 0 Å². The Morgan fingerprint density at radius 3 is 2.19 bits per heavy atom. The van der Waals surface area contributed by atoms with Gasteiger partial charge in [0, 0.05) is 6.08 Å². The van der Waals surface area contributed by atoms with Gasteiger partial charge in [-0.15, -0.1) is 0 Å². The Hall–Kier alpha value is -3.15. The molecule has 0 amide bonds. The van der Waals surface area contributed by atoms with E-state index < -0.39 is 5.97 Å². The van der Waals surface area contributed by atoms with Gasteiger partial charge in [0.25, 0.3) is 0 Å². The number of rotatable bonds is 9. The Morgan fingerprint density at radius 1 is 0.926 bits per heavy atom. The molecule has 0 saturated heterocycles. The highest BCUT2D eigenvalue weighted by molar-refractivity contribution is 5.87. The van der Waals surface area contributed by atoms with Crippen molar-refractivity contribution in [1.82, 2.24) is 0 Å². The second kappa shape index (κ2) is 10.1. The lowest BCUT2D eigenvalue weighted by molar-refractivity contribution is -0.138. The Kier molecular flexibility index (Phi) is 7.55. The van der Waals surface area contributed by atoms with Gasteiger partial charge >= 0.3 is 5.97 Å². The van der Waals surface area contributed by atoms with Gasteiger partial charge in [0.1, 0.15) is 19.0 Å². The number of methoxy groups -OCH3 is 3. The van der Waals surface area contributed by atoms with Crippen LogP contribution in [0.25, 0.3) is 6.08 Å². The first-order valence-corrected chi connectivity index (χ1v) is 8.42. The summed E-state index contributed by atoms with van der Waals surface area (Å²) in [5.41, 5.74) is 1.75. The fourth-order valence-corrected chi connectivity index (χ4v) is 2.42. The molecule has 0 fully saturated rings. The van der Waals surface area contributed by atoms with Crippen LogP contribution in [0.15, 0.2) is 42.5 Å². The summed E-state index contributed by atoms with van der Waals surface area (Å²) in [6, 6.07) is 11.2. The number of carbonyl (C=O) groups excluding carboxylic acids is 1. The van der Waals surface area contributed by atoms with E-state index in [2.05, 4.69) is 0 Å². The van der Waals surface area contributed by atoms with E-state index in [0.29, 0.717) is 17.2 Å². The topological polar surface area (TPSA) is 63.2 Å². The van der Waals surface area contributed by atoms with E-state index in [1.54, 1.807) is 18.2 Å². The molecule has 0 aliphatic carbocycles. The van der Waals surface area contributed by atoms with Crippen LogP contribution in [0, 0.1) is 6.92 Å². The molecular formula is C21H24O6. The molecule has 6 heteroatoms. The minimum absolute atomic E-state index is 0.159. The van der Waals surface area contributed by atoms with Crippen LogP contribution in [0.2, 0.25) is 0 Å². The lowest BCUT2D eigenvalue weighted by atomic mass is 10.1. The van der Waals surface area contributed by atoms with Crippen molar-refractivity contribution in [1.29, 1.82) is 0 Å². The summed E-state index contributed by atoms with van der Waals surface area (Å²) in [6.07, 6.45) is 2.96. The zero-order valence-electron chi connectivity index (χ0n) is 16.0.